The molecule has 222 valence electrons. The van der Waals surface area contributed by atoms with E-state index >= 15 is 0 Å². The highest BCUT2D eigenvalue weighted by molar-refractivity contribution is 7.90. The highest BCUT2D eigenvalue weighted by Gasteiger charge is 2.20. The molecule has 2 aromatic rings. The van der Waals surface area contributed by atoms with Crippen LogP contribution in [0.1, 0.15) is 41.6 Å². The van der Waals surface area contributed by atoms with E-state index in [0.29, 0.717) is 18.7 Å². The Bertz CT molecular complexity index is 1210. The van der Waals surface area contributed by atoms with Crippen LogP contribution in [-0.2, 0) is 25.9 Å². The number of hydrogen-bond donors (Lipinski definition) is 5. The number of carbonyl (C=O) groups excluding carboxylic acids is 2. The molecule has 0 fully saturated rings. The molecule has 2 rings (SSSR count). The van der Waals surface area contributed by atoms with Gasteiger partial charge in [0.2, 0.25) is 0 Å². The van der Waals surface area contributed by atoms with Gasteiger partial charge in [-0.2, -0.15) is 0 Å². The maximum Gasteiger partial charge on any atom is 0.411 e. The number of rotatable bonds is 18. The lowest BCUT2D eigenvalue weighted by Gasteiger charge is -2.15. The second kappa shape index (κ2) is 17.4. The van der Waals surface area contributed by atoms with Crippen LogP contribution >= 0.6 is 0 Å². The van der Waals surface area contributed by atoms with E-state index in [4.69, 9.17) is 15.2 Å². The zero-order chi connectivity index (χ0) is 29.4. The third-order valence-corrected chi connectivity index (χ3v) is 7.04. The number of nitrogens with one attached hydrogen (secondary N) is 4. The van der Waals surface area contributed by atoms with Crippen molar-refractivity contribution in [3.05, 3.63) is 53.3 Å². The smallest absolute Gasteiger partial charge is 0.411 e. The van der Waals surface area contributed by atoms with Gasteiger partial charge in [-0.05, 0) is 76.6 Å². The lowest BCUT2D eigenvalue weighted by atomic mass is 10.1. The SMILES string of the molecule is COC(=O)c1cc(F)c(NCCCNCCCCNCCCN)cc1NC(=O)OCc1ccccc1S(C)(=O)=O. The van der Waals surface area contributed by atoms with Crippen molar-refractivity contribution in [2.24, 2.45) is 5.73 Å². The van der Waals surface area contributed by atoms with Crippen molar-refractivity contribution in [3.63, 3.8) is 0 Å². The van der Waals surface area contributed by atoms with Crippen LogP contribution < -0.4 is 27.0 Å². The molecular weight excluding hydrogens is 541 g/mol. The molecule has 2 aromatic carbocycles. The molecule has 0 heterocycles. The van der Waals surface area contributed by atoms with Crippen molar-refractivity contribution < 1.29 is 31.9 Å². The number of sulfone groups is 1. The van der Waals surface area contributed by atoms with E-state index in [1.54, 1.807) is 12.1 Å². The fourth-order valence-corrected chi connectivity index (χ4v) is 4.71. The average Bonchev–Trinajstić information content (AvgIpc) is 2.93. The zero-order valence-corrected chi connectivity index (χ0v) is 23.9. The number of unbranched alkanes of at least 4 members (excludes halogenated alkanes) is 1. The third-order valence-electron chi connectivity index (χ3n) is 5.84. The van der Waals surface area contributed by atoms with Gasteiger partial charge in [-0.15, -0.1) is 0 Å². The Labute approximate surface area is 235 Å². The number of halogens is 1. The van der Waals surface area contributed by atoms with Crippen LogP contribution in [0.5, 0.6) is 0 Å². The predicted octanol–water partition coefficient (Wildman–Crippen LogP) is 2.87. The van der Waals surface area contributed by atoms with E-state index in [-0.39, 0.29) is 28.4 Å². The van der Waals surface area contributed by atoms with E-state index in [1.165, 1.54) is 18.2 Å². The van der Waals surface area contributed by atoms with E-state index in [2.05, 4.69) is 21.3 Å². The molecule has 0 saturated carbocycles. The summed E-state index contributed by atoms with van der Waals surface area (Å²) >= 11 is 0. The van der Waals surface area contributed by atoms with Crippen LogP contribution in [0.25, 0.3) is 0 Å². The van der Waals surface area contributed by atoms with Crippen LogP contribution in [0.4, 0.5) is 20.6 Å². The minimum absolute atomic E-state index is 0.0182. The molecule has 0 aliphatic carbocycles. The Morgan fingerprint density at radius 3 is 2.23 bits per heavy atom. The maximum absolute atomic E-state index is 14.7. The van der Waals surface area contributed by atoms with E-state index in [0.717, 1.165) is 71.3 Å². The number of anilines is 2. The summed E-state index contributed by atoms with van der Waals surface area (Å²) in [6.07, 6.45) is 3.90. The Morgan fingerprint density at radius 2 is 1.57 bits per heavy atom. The van der Waals surface area contributed by atoms with Crippen LogP contribution in [0.2, 0.25) is 0 Å². The second-order valence-electron chi connectivity index (χ2n) is 9.08. The van der Waals surface area contributed by atoms with Crippen molar-refractivity contribution in [2.45, 2.75) is 37.2 Å². The first-order valence-electron chi connectivity index (χ1n) is 13.2. The quantitative estimate of drug-likeness (QED) is 0.131. The number of benzene rings is 2. The number of methoxy groups -OCH3 is 1. The van der Waals surface area contributed by atoms with Crippen molar-refractivity contribution >= 4 is 33.3 Å². The summed E-state index contributed by atoms with van der Waals surface area (Å²) in [5.41, 5.74) is 5.63. The van der Waals surface area contributed by atoms with Gasteiger partial charge in [0, 0.05) is 18.4 Å². The molecule has 40 heavy (non-hydrogen) atoms. The maximum atomic E-state index is 14.7. The number of hydrogen-bond acceptors (Lipinski definition) is 10. The van der Waals surface area contributed by atoms with Crippen molar-refractivity contribution in [1.29, 1.82) is 0 Å². The highest BCUT2D eigenvalue weighted by Crippen LogP contribution is 2.26. The predicted molar refractivity (Wildman–Crippen MR) is 153 cm³/mol. The molecule has 0 radical (unpaired) electrons. The number of amides is 1. The first-order valence-corrected chi connectivity index (χ1v) is 15.1. The van der Waals surface area contributed by atoms with Gasteiger partial charge < -0.3 is 31.2 Å². The molecule has 6 N–H and O–H groups in total. The Kier molecular flexibility index (Phi) is 14.4. The summed E-state index contributed by atoms with van der Waals surface area (Å²) in [6.45, 7) is 4.33. The summed E-state index contributed by atoms with van der Waals surface area (Å²) in [4.78, 5) is 24.8. The summed E-state index contributed by atoms with van der Waals surface area (Å²) in [5.74, 6) is -1.53. The van der Waals surface area contributed by atoms with Gasteiger partial charge in [-0.1, -0.05) is 18.2 Å². The first kappa shape index (κ1) is 32.9. The normalized spacial score (nSPS) is 11.2. The Morgan fingerprint density at radius 1 is 0.925 bits per heavy atom. The summed E-state index contributed by atoms with van der Waals surface area (Å²) in [5, 5.41) is 12.1. The van der Waals surface area contributed by atoms with Gasteiger partial charge in [0.25, 0.3) is 0 Å². The van der Waals surface area contributed by atoms with Gasteiger partial charge in [-0.3, -0.25) is 5.32 Å². The van der Waals surface area contributed by atoms with E-state index < -0.39 is 27.7 Å². The molecule has 0 aliphatic heterocycles. The Hall–Kier alpha value is -3.26. The monoisotopic (exact) mass is 581 g/mol. The summed E-state index contributed by atoms with van der Waals surface area (Å²) < 4.78 is 48.6. The topological polar surface area (TPSA) is 161 Å². The standard InChI is InChI=1S/C27H40FN5O6S/c1-38-26(34)21-17-22(28)24(32-16-8-15-31-13-6-5-12-30-14-7-11-29)18-23(21)33-27(35)39-19-20-9-3-4-10-25(20)40(2,36)37/h3-4,9-10,17-18,30-32H,5-8,11-16,19,29H2,1-2H3,(H,33,35). The molecule has 0 atom stereocenters. The lowest BCUT2D eigenvalue weighted by Crippen LogP contribution is -2.22. The molecule has 13 heteroatoms. The second-order valence-corrected chi connectivity index (χ2v) is 11.1. The van der Waals surface area contributed by atoms with Crippen LogP contribution in [0.3, 0.4) is 0 Å². The van der Waals surface area contributed by atoms with Gasteiger partial charge in [0.1, 0.15) is 12.4 Å². The third kappa shape index (κ3) is 11.5. The van der Waals surface area contributed by atoms with Crippen LogP contribution in [-0.4, -0.2) is 73.1 Å². The molecule has 1 amide bonds. The fourth-order valence-electron chi connectivity index (χ4n) is 3.78. The Balaban J connectivity index is 1.90. The minimum Gasteiger partial charge on any atom is -0.465 e. The summed E-state index contributed by atoms with van der Waals surface area (Å²) in [7, 11) is -2.39. The largest absolute Gasteiger partial charge is 0.465 e. The van der Waals surface area contributed by atoms with Crippen molar-refractivity contribution in [1.82, 2.24) is 10.6 Å². The molecule has 11 nitrogen and oxygen atoms in total. The highest BCUT2D eigenvalue weighted by atomic mass is 32.2. The van der Waals surface area contributed by atoms with E-state index in [1.807, 2.05) is 0 Å². The van der Waals surface area contributed by atoms with Gasteiger partial charge in [0.05, 0.1) is 28.9 Å². The molecule has 0 unspecified atom stereocenters. The first-order chi connectivity index (χ1) is 19.2. The molecule has 0 bridgehead atoms. The number of ether oxygens (including phenoxy) is 2. The van der Waals surface area contributed by atoms with Gasteiger partial charge in [-0.25, -0.2) is 22.4 Å². The molecule has 0 saturated heterocycles. The summed E-state index contributed by atoms with van der Waals surface area (Å²) in [6, 6.07) is 8.40. The fraction of sp³-hybridized carbons (Fsp3) is 0.481. The average molecular weight is 582 g/mol. The molecule has 0 spiro atoms. The van der Waals surface area contributed by atoms with E-state index in [9.17, 15) is 22.4 Å². The minimum atomic E-state index is -3.53. The molecule has 0 aromatic heterocycles. The molecule has 0 aliphatic rings. The number of nitrogens with two attached hydrogens (primary N) is 1. The lowest BCUT2D eigenvalue weighted by molar-refractivity contribution is 0.0601. The van der Waals surface area contributed by atoms with Crippen LogP contribution in [0.15, 0.2) is 41.3 Å². The van der Waals surface area contributed by atoms with Crippen molar-refractivity contribution in [3.8, 4) is 0 Å². The number of carbonyl (C=O) groups is 2. The van der Waals surface area contributed by atoms with Crippen LogP contribution in [0, 0.1) is 5.82 Å². The van der Waals surface area contributed by atoms with Gasteiger partial charge >= 0.3 is 12.1 Å². The molecular formula is C27H40FN5O6S. The number of esters is 1. The van der Waals surface area contributed by atoms with Gasteiger partial charge in [0.15, 0.2) is 9.84 Å². The van der Waals surface area contributed by atoms with Crippen molar-refractivity contribution in [2.75, 3.05) is 63.3 Å². The zero-order valence-electron chi connectivity index (χ0n) is 23.1.